The van der Waals surface area contributed by atoms with Crippen LogP contribution in [0.4, 0.5) is 0 Å². The van der Waals surface area contributed by atoms with Gasteiger partial charge in [-0.25, -0.2) is 0 Å². The van der Waals surface area contributed by atoms with Gasteiger partial charge in [0.15, 0.2) is 0 Å². The van der Waals surface area contributed by atoms with E-state index >= 15 is 0 Å². The summed E-state index contributed by atoms with van der Waals surface area (Å²) in [6.45, 7) is 7.41. The molecule has 0 amide bonds. The molecule has 15 heavy (non-hydrogen) atoms. The average Bonchev–Trinajstić information content (AvgIpc) is 2.25. The molecule has 1 saturated heterocycles. The van der Waals surface area contributed by atoms with Crippen LogP contribution in [0.3, 0.4) is 0 Å². The van der Waals surface area contributed by atoms with Crippen molar-refractivity contribution in [3.05, 3.63) is 0 Å². The van der Waals surface area contributed by atoms with Gasteiger partial charge in [-0.1, -0.05) is 46.0 Å². The van der Waals surface area contributed by atoms with E-state index in [1.807, 2.05) is 0 Å². The van der Waals surface area contributed by atoms with E-state index in [1.54, 1.807) is 0 Å². The second kappa shape index (κ2) is 7.27. The number of rotatable bonds is 6. The number of piperidine rings is 1. The van der Waals surface area contributed by atoms with Gasteiger partial charge in [-0.3, -0.25) is 0 Å². The summed E-state index contributed by atoms with van der Waals surface area (Å²) in [4.78, 5) is 2.47. The third kappa shape index (κ3) is 5.01. The van der Waals surface area contributed by atoms with Crippen LogP contribution in [0.5, 0.6) is 0 Å². The van der Waals surface area contributed by atoms with Gasteiger partial charge in [0.1, 0.15) is 0 Å². The zero-order valence-electron chi connectivity index (χ0n) is 11.0. The van der Waals surface area contributed by atoms with E-state index in [0.29, 0.717) is 0 Å². The zero-order valence-corrected chi connectivity index (χ0v) is 11.0. The molecule has 0 radical (unpaired) electrons. The molecule has 0 bridgehead atoms. The van der Waals surface area contributed by atoms with E-state index in [0.717, 1.165) is 11.8 Å². The highest BCUT2D eigenvalue weighted by Gasteiger charge is 2.21. The number of hydrogen-bond acceptors (Lipinski definition) is 1. The van der Waals surface area contributed by atoms with Gasteiger partial charge in [-0.2, -0.15) is 0 Å². The molecule has 0 saturated carbocycles. The van der Waals surface area contributed by atoms with Crippen molar-refractivity contribution >= 4 is 0 Å². The highest BCUT2D eigenvalue weighted by Crippen LogP contribution is 2.27. The minimum Gasteiger partial charge on any atom is -0.306 e. The molecular formula is C14H29N. The van der Waals surface area contributed by atoms with Crippen LogP contribution in [-0.4, -0.2) is 25.0 Å². The summed E-state index contributed by atoms with van der Waals surface area (Å²) in [5.41, 5.74) is 0. The van der Waals surface area contributed by atoms with Gasteiger partial charge in [0, 0.05) is 0 Å². The van der Waals surface area contributed by atoms with Crippen molar-refractivity contribution in [3.63, 3.8) is 0 Å². The van der Waals surface area contributed by atoms with E-state index in [2.05, 4.69) is 25.8 Å². The van der Waals surface area contributed by atoms with E-state index in [9.17, 15) is 0 Å². The van der Waals surface area contributed by atoms with E-state index in [4.69, 9.17) is 0 Å². The molecule has 0 aromatic rings. The predicted octanol–water partition coefficient (Wildman–Crippen LogP) is 3.93. The second-order valence-corrected chi connectivity index (χ2v) is 5.47. The van der Waals surface area contributed by atoms with Gasteiger partial charge in [0.2, 0.25) is 0 Å². The molecular weight excluding hydrogens is 182 g/mol. The molecule has 1 nitrogen and oxygen atoms in total. The van der Waals surface area contributed by atoms with Crippen LogP contribution < -0.4 is 0 Å². The molecule has 1 aliphatic heterocycles. The number of unbranched alkanes of at least 4 members (excludes halogenated alkanes) is 3. The van der Waals surface area contributed by atoms with Gasteiger partial charge in [0.05, 0.1) is 0 Å². The molecule has 0 aromatic carbocycles. The van der Waals surface area contributed by atoms with Gasteiger partial charge in [-0.05, 0) is 44.8 Å². The third-order valence-electron chi connectivity index (χ3n) is 4.08. The summed E-state index contributed by atoms with van der Waals surface area (Å²) in [7, 11) is 2.25. The minimum absolute atomic E-state index is 0.968. The Kier molecular flexibility index (Phi) is 6.31. The average molecular weight is 211 g/mol. The van der Waals surface area contributed by atoms with Crippen molar-refractivity contribution < 1.29 is 0 Å². The Balaban J connectivity index is 2.08. The topological polar surface area (TPSA) is 3.24 Å². The minimum atomic E-state index is 0.968. The lowest BCUT2D eigenvalue weighted by Gasteiger charge is -2.32. The zero-order chi connectivity index (χ0) is 11.1. The molecule has 0 aliphatic carbocycles. The number of nitrogens with zero attached hydrogens (tertiary/aromatic N) is 1. The quantitative estimate of drug-likeness (QED) is 0.602. The van der Waals surface area contributed by atoms with Crippen molar-refractivity contribution in [3.8, 4) is 0 Å². The van der Waals surface area contributed by atoms with Crippen LogP contribution in [0.15, 0.2) is 0 Å². The molecule has 90 valence electrons. The fourth-order valence-corrected chi connectivity index (χ4v) is 2.73. The maximum absolute atomic E-state index is 2.47. The first-order valence-corrected chi connectivity index (χ1v) is 6.92. The maximum Gasteiger partial charge on any atom is -0.00190 e. The Morgan fingerprint density at radius 1 is 1.13 bits per heavy atom. The second-order valence-electron chi connectivity index (χ2n) is 5.47. The predicted molar refractivity (Wildman–Crippen MR) is 68.1 cm³/mol. The third-order valence-corrected chi connectivity index (χ3v) is 4.08. The molecule has 1 heteroatoms. The van der Waals surface area contributed by atoms with Crippen LogP contribution in [0.1, 0.15) is 58.8 Å². The Morgan fingerprint density at radius 2 is 1.80 bits per heavy atom. The van der Waals surface area contributed by atoms with Crippen molar-refractivity contribution in [2.45, 2.75) is 58.8 Å². The highest BCUT2D eigenvalue weighted by molar-refractivity contribution is 4.74. The van der Waals surface area contributed by atoms with Crippen molar-refractivity contribution in [2.24, 2.45) is 11.8 Å². The Morgan fingerprint density at radius 3 is 2.40 bits per heavy atom. The lowest BCUT2D eigenvalue weighted by atomic mass is 9.82. The van der Waals surface area contributed by atoms with Crippen LogP contribution in [0.25, 0.3) is 0 Å². The first-order chi connectivity index (χ1) is 7.24. The van der Waals surface area contributed by atoms with Gasteiger partial charge in [0.25, 0.3) is 0 Å². The molecule has 1 unspecified atom stereocenters. The standard InChI is InChI=1S/C14H29N/c1-4-5-6-7-8-13(2)14-9-11-15(3)12-10-14/h13-14H,4-12H2,1-3H3. The van der Waals surface area contributed by atoms with Crippen molar-refractivity contribution in [2.75, 3.05) is 20.1 Å². The molecule has 0 N–H and O–H groups in total. The van der Waals surface area contributed by atoms with E-state index < -0.39 is 0 Å². The highest BCUT2D eigenvalue weighted by atomic mass is 15.1. The number of likely N-dealkylation sites (tertiary alicyclic amines) is 1. The first-order valence-electron chi connectivity index (χ1n) is 6.92. The van der Waals surface area contributed by atoms with Gasteiger partial charge in [-0.15, -0.1) is 0 Å². The molecule has 1 rings (SSSR count). The summed E-state index contributed by atoms with van der Waals surface area (Å²) in [5, 5.41) is 0. The Hall–Kier alpha value is -0.0400. The summed E-state index contributed by atoms with van der Waals surface area (Å²) in [5.74, 6) is 1.98. The fourth-order valence-electron chi connectivity index (χ4n) is 2.73. The normalized spacial score (nSPS) is 21.8. The van der Waals surface area contributed by atoms with Gasteiger partial charge >= 0.3 is 0 Å². The summed E-state index contributed by atoms with van der Waals surface area (Å²) in [6, 6.07) is 0. The smallest absolute Gasteiger partial charge is 0.00190 e. The van der Waals surface area contributed by atoms with Crippen molar-refractivity contribution in [1.82, 2.24) is 4.90 Å². The van der Waals surface area contributed by atoms with Gasteiger partial charge < -0.3 is 4.90 Å². The lowest BCUT2D eigenvalue weighted by Crippen LogP contribution is -2.32. The summed E-state index contributed by atoms with van der Waals surface area (Å²) < 4.78 is 0. The summed E-state index contributed by atoms with van der Waals surface area (Å²) >= 11 is 0. The Labute approximate surface area is 96.2 Å². The number of hydrogen-bond donors (Lipinski definition) is 0. The SMILES string of the molecule is CCCCCCC(C)C1CCN(C)CC1. The van der Waals surface area contributed by atoms with Crippen LogP contribution in [-0.2, 0) is 0 Å². The lowest BCUT2D eigenvalue weighted by molar-refractivity contribution is 0.171. The molecule has 1 atom stereocenters. The van der Waals surface area contributed by atoms with E-state index in [-0.39, 0.29) is 0 Å². The first kappa shape index (κ1) is 13.0. The summed E-state index contributed by atoms with van der Waals surface area (Å²) in [6.07, 6.45) is 10.0. The molecule has 1 heterocycles. The van der Waals surface area contributed by atoms with Crippen LogP contribution in [0.2, 0.25) is 0 Å². The van der Waals surface area contributed by atoms with E-state index in [1.165, 1.54) is 58.0 Å². The molecule has 1 aliphatic rings. The maximum atomic E-state index is 2.47. The van der Waals surface area contributed by atoms with Crippen molar-refractivity contribution in [1.29, 1.82) is 0 Å². The molecule has 0 aromatic heterocycles. The fraction of sp³-hybridized carbons (Fsp3) is 1.00. The molecule has 0 spiro atoms. The molecule has 1 fully saturated rings. The largest absolute Gasteiger partial charge is 0.306 e. The van der Waals surface area contributed by atoms with Crippen LogP contribution >= 0.6 is 0 Å². The van der Waals surface area contributed by atoms with Crippen LogP contribution in [0, 0.1) is 11.8 Å². The monoisotopic (exact) mass is 211 g/mol. The Bertz CT molecular complexity index is 147.